The first-order chi connectivity index (χ1) is 7.50. The lowest BCUT2D eigenvalue weighted by molar-refractivity contribution is -0.138. The molecular formula is C11H11NO2S2. The molecule has 0 saturated carbocycles. The van der Waals surface area contributed by atoms with Crippen molar-refractivity contribution in [3.8, 4) is 0 Å². The van der Waals surface area contributed by atoms with Gasteiger partial charge in [0.05, 0.1) is 10.2 Å². The number of hydrogen-bond acceptors (Lipinski definition) is 4. The molecule has 0 aliphatic carbocycles. The highest BCUT2D eigenvalue weighted by atomic mass is 32.2. The number of thioether (sulfide) groups is 1. The molecule has 0 amide bonds. The summed E-state index contributed by atoms with van der Waals surface area (Å²) in [6.45, 7) is 3.42. The molecule has 16 heavy (non-hydrogen) atoms. The number of fused-ring (bicyclic) bond motifs is 1. The Hall–Kier alpha value is -1.07. The number of aromatic nitrogens is 1. The van der Waals surface area contributed by atoms with Crippen LogP contribution in [0.3, 0.4) is 0 Å². The van der Waals surface area contributed by atoms with Crippen molar-refractivity contribution in [2.24, 2.45) is 0 Å². The molecule has 0 aliphatic heterocycles. The van der Waals surface area contributed by atoms with E-state index in [1.807, 2.05) is 17.5 Å². The van der Waals surface area contributed by atoms with E-state index in [1.165, 1.54) is 11.8 Å². The van der Waals surface area contributed by atoms with Crippen LogP contribution in [0.2, 0.25) is 0 Å². The molecule has 2 aromatic rings. The molecule has 2 aromatic heterocycles. The molecule has 5 heteroatoms. The molecule has 0 spiro atoms. The number of thiophene rings is 1. The van der Waals surface area contributed by atoms with Gasteiger partial charge in [-0.05, 0) is 31.4 Å². The zero-order valence-electron chi connectivity index (χ0n) is 8.93. The normalized spacial score (nSPS) is 11.9. The van der Waals surface area contributed by atoms with Gasteiger partial charge >= 0.3 is 5.97 Å². The summed E-state index contributed by atoms with van der Waals surface area (Å²) in [6.07, 6.45) is 1.72. The van der Waals surface area contributed by atoms with Crippen molar-refractivity contribution in [1.29, 1.82) is 0 Å². The fraction of sp³-hybridized carbons (Fsp3) is 0.273. The van der Waals surface area contributed by atoms with Crippen LogP contribution in [0, 0.1) is 0 Å². The van der Waals surface area contributed by atoms with Gasteiger partial charge in [-0.1, -0.05) is 0 Å². The van der Waals surface area contributed by atoms with Crippen LogP contribution in [0.4, 0.5) is 0 Å². The Morgan fingerprint density at radius 1 is 1.50 bits per heavy atom. The van der Waals surface area contributed by atoms with Crippen LogP contribution >= 0.6 is 23.1 Å². The van der Waals surface area contributed by atoms with Crippen LogP contribution in [-0.4, -0.2) is 20.8 Å². The standard InChI is InChI=1S/C11H11NO2S2/c1-11(2,10(13)14)16-8-3-5-12-7-4-6-15-9(7)8/h3-6H,1-2H3,(H,13,14). The maximum atomic E-state index is 11.1. The van der Waals surface area contributed by atoms with Crippen molar-refractivity contribution in [1.82, 2.24) is 4.98 Å². The fourth-order valence-electron chi connectivity index (χ4n) is 1.25. The average molecular weight is 253 g/mol. The van der Waals surface area contributed by atoms with Crippen LogP contribution in [0.5, 0.6) is 0 Å². The third-order valence-electron chi connectivity index (χ3n) is 2.19. The van der Waals surface area contributed by atoms with Gasteiger partial charge in [0.15, 0.2) is 0 Å². The number of pyridine rings is 1. The van der Waals surface area contributed by atoms with Gasteiger partial charge in [-0.3, -0.25) is 9.78 Å². The first-order valence-corrected chi connectivity index (χ1v) is 6.45. The van der Waals surface area contributed by atoms with Crippen molar-refractivity contribution >= 4 is 39.3 Å². The van der Waals surface area contributed by atoms with E-state index in [0.29, 0.717) is 0 Å². The van der Waals surface area contributed by atoms with Gasteiger partial charge < -0.3 is 5.11 Å². The van der Waals surface area contributed by atoms with Crippen molar-refractivity contribution in [2.45, 2.75) is 23.5 Å². The number of hydrogen-bond donors (Lipinski definition) is 1. The molecule has 0 atom stereocenters. The summed E-state index contributed by atoms with van der Waals surface area (Å²) >= 11 is 2.95. The second kappa shape index (κ2) is 4.07. The number of aliphatic carboxylic acids is 1. The van der Waals surface area contributed by atoms with Crippen molar-refractivity contribution < 1.29 is 9.90 Å². The minimum atomic E-state index is -0.821. The van der Waals surface area contributed by atoms with Gasteiger partial charge in [0.2, 0.25) is 0 Å². The molecule has 84 valence electrons. The maximum absolute atomic E-state index is 11.1. The number of nitrogens with zero attached hydrogens (tertiary/aromatic N) is 1. The quantitative estimate of drug-likeness (QED) is 0.853. The van der Waals surface area contributed by atoms with E-state index in [9.17, 15) is 4.79 Å². The Morgan fingerprint density at radius 2 is 2.25 bits per heavy atom. The summed E-state index contributed by atoms with van der Waals surface area (Å²) in [5, 5.41) is 11.1. The van der Waals surface area contributed by atoms with Gasteiger partial charge in [0.1, 0.15) is 4.75 Å². The predicted molar refractivity (Wildman–Crippen MR) is 67.2 cm³/mol. The van der Waals surface area contributed by atoms with Crippen LogP contribution in [0.25, 0.3) is 10.2 Å². The summed E-state index contributed by atoms with van der Waals surface area (Å²) in [5.41, 5.74) is 0.927. The Morgan fingerprint density at radius 3 is 2.94 bits per heavy atom. The smallest absolute Gasteiger partial charge is 0.319 e. The van der Waals surface area contributed by atoms with E-state index in [1.54, 1.807) is 31.4 Å². The number of rotatable bonds is 3. The van der Waals surface area contributed by atoms with Gasteiger partial charge in [0, 0.05) is 11.1 Å². The third kappa shape index (κ3) is 2.05. The van der Waals surface area contributed by atoms with E-state index >= 15 is 0 Å². The summed E-state index contributed by atoms with van der Waals surface area (Å²) in [5.74, 6) is -0.806. The van der Waals surface area contributed by atoms with E-state index in [2.05, 4.69) is 4.98 Å². The maximum Gasteiger partial charge on any atom is 0.319 e. The van der Waals surface area contributed by atoms with Crippen LogP contribution in [-0.2, 0) is 4.79 Å². The Labute approximate surface area is 102 Å². The van der Waals surface area contributed by atoms with Gasteiger partial charge in [0.25, 0.3) is 0 Å². The molecular weight excluding hydrogens is 242 g/mol. The molecule has 0 fully saturated rings. The summed E-state index contributed by atoms with van der Waals surface area (Å²) in [4.78, 5) is 16.3. The lowest BCUT2D eigenvalue weighted by atomic mass is 10.2. The van der Waals surface area contributed by atoms with E-state index < -0.39 is 10.7 Å². The van der Waals surface area contributed by atoms with E-state index in [0.717, 1.165) is 15.1 Å². The van der Waals surface area contributed by atoms with E-state index in [4.69, 9.17) is 5.11 Å². The topological polar surface area (TPSA) is 50.2 Å². The Bertz CT molecular complexity index is 534. The molecule has 0 radical (unpaired) electrons. The largest absolute Gasteiger partial charge is 0.480 e. The second-order valence-corrected chi connectivity index (χ2v) is 6.44. The van der Waals surface area contributed by atoms with Crippen LogP contribution < -0.4 is 0 Å². The van der Waals surface area contributed by atoms with E-state index in [-0.39, 0.29) is 0 Å². The zero-order valence-corrected chi connectivity index (χ0v) is 10.6. The first kappa shape index (κ1) is 11.4. The number of carboxylic acid groups (broad SMARTS) is 1. The molecule has 0 saturated heterocycles. The number of carboxylic acids is 1. The highest BCUT2D eigenvalue weighted by Crippen LogP contribution is 2.38. The summed E-state index contributed by atoms with van der Waals surface area (Å²) < 4.78 is 0.236. The summed E-state index contributed by atoms with van der Waals surface area (Å²) in [6, 6.07) is 3.81. The van der Waals surface area contributed by atoms with Gasteiger partial charge in [-0.2, -0.15) is 0 Å². The highest BCUT2D eigenvalue weighted by molar-refractivity contribution is 8.01. The highest BCUT2D eigenvalue weighted by Gasteiger charge is 2.29. The Balaban J connectivity index is 2.41. The molecule has 3 nitrogen and oxygen atoms in total. The summed E-state index contributed by atoms with van der Waals surface area (Å²) in [7, 11) is 0. The van der Waals surface area contributed by atoms with Crippen LogP contribution in [0.1, 0.15) is 13.8 Å². The van der Waals surface area contributed by atoms with Gasteiger partial charge in [-0.15, -0.1) is 23.1 Å². The molecule has 1 N–H and O–H groups in total. The molecule has 0 bridgehead atoms. The minimum Gasteiger partial charge on any atom is -0.480 e. The first-order valence-electron chi connectivity index (χ1n) is 4.75. The average Bonchev–Trinajstić information content (AvgIpc) is 2.65. The third-order valence-corrected chi connectivity index (χ3v) is 4.50. The van der Waals surface area contributed by atoms with Gasteiger partial charge in [-0.25, -0.2) is 0 Å². The SMILES string of the molecule is CC(C)(Sc1ccnc2ccsc12)C(=O)O. The molecule has 2 heterocycles. The lowest BCUT2D eigenvalue weighted by Crippen LogP contribution is -2.26. The zero-order chi connectivity index (χ0) is 11.8. The number of carbonyl (C=O) groups is 1. The van der Waals surface area contributed by atoms with Crippen LogP contribution in [0.15, 0.2) is 28.6 Å². The molecule has 0 aliphatic rings. The van der Waals surface area contributed by atoms with Crippen molar-refractivity contribution in [3.63, 3.8) is 0 Å². The monoisotopic (exact) mass is 253 g/mol. The lowest BCUT2D eigenvalue weighted by Gasteiger charge is -2.18. The molecule has 0 unspecified atom stereocenters. The molecule has 2 rings (SSSR count). The predicted octanol–water partition coefficient (Wildman–Crippen LogP) is 3.25. The fourth-order valence-corrected chi connectivity index (χ4v) is 3.24. The van der Waals surface area contributed by atoms with Crippen molar-refractivity contribution in [3.05, 3.63) is 23.7 Å². The second-order valence-electron chi connectivity index (χ2n) is 3.86. The Kier molecular flexibility index (Phi) is 2.90. The van der Waals surface area contributed by atoms with Crippen molar-refractivity contribution in [2.75, 3.05) is 0 Å². The minimum absolute atomic E-state index is 0.806. The molecule has 0 aromatic carbocycles.